The molecule has 0 atom stereocenters. The van der Waals surface area contributed by atoms with E-state index in [1.54, 1.807) is 0 Å². The van der Waals surface area contributed by atoms with E-state index in [1.165, 1.54) is 7.11 Å². The van der Waals surface area contributed by atoms with Crippen LogP contribution >= 0.6 is 7.14 Å². The highest BCUT2D eigenvalue weighted by molar-refractivity contribution is 7.63. The highest BCUT2D eigenvalue weighted by Crippen LogP contribution is 2.58. The molecule has 144 valence electrons. The fourth-order valence-electron chi connectivity index (χ4n) is 4.58. The van der Waals surface area contributed by atoms with Gasteiger partial charge in [0.25, 0.3) is 0 Å². The normalized spacial score (nSPS) is 14.8. The number of carbonyl (C=O) groups excluding carboxylic acids is 1. The van der Waals surface area contributed by atoms with Crippen LogP contribution in [0.25, 0.3) is 32.7 Å². The summed E-state index contributed by atoms with van der Waals surface area (Å²) in [6, 6.07) is 25.0. The predicted octanol–water partition coefficient (Wildman–Crippen LogP) is 6.21. The van der Waals surface area contributed by atoms with Crippen LogP contribution in [0.3, 0.4) is 0 Å². The molecule has 29 heavy (non-hydrogen) atoms. The summed E-state index contributed by atoms with van der Waals surface area (Å²) >= 11 is 0. The van der Waals surface area contributed by atoms with Crippen molar-refractivity contribution in [3.63, 3.8) is 0 Å². The van der Waals surface area contributed by atoms with Crippen molar-refractivity contribution in [3.8, 4) is 11.1 Å². The van der Waals surface area contributed by atoms with Gasteiger partial charge < -0.3 is 9.30 Å². The van der Waals surface area contributed by atoms with Crippen LogP contribution in [0.5, 0.6) is 0 Å². The van der Waals surface area contributed by atoms with E-state index in [4.69, 9.17) is 4.74 Å². The lowest BCUT2D eigenvalue weighted by molar-refractivity contribution is -0.137. The Balaban J connectivity index is 1.88. The van der Waals surface area contributed by atoms with Crippen molar-refractivity contribution in [1.82, 2.24) is 0 Å². The van der Waals surface area contributed by atoms with Gasteiger partial charge in [0, 0.05) is 12.3 Å². The largest absolute Gasteiger partial charge is 0.469 e. The van der Waals surface area contributed by atoms with Crippen molar-refractivity contribution in [2.75, 3.05) is 13.3 Å². The molecule has 0 amide bonds. The molecule has 0 aromatic heterocycles. The Morgan fingerprint density at radius 3 is 1.76 bits per heavy atom. The average molecular weight is 400 g/mol. The molecule has 5 rings (SSSR count). The van der Waals surface area contributed by atoms with Gasteiger partial charge in [0.2, 0.25) is 0 Å². The molecule has 3 nitrogen and oxygen atoms in total. The summed E-state index contributed by atoms with van der Waals surface area (Å²) in [5.74, 6) is -0.403. The molecular formula is C25H21O3P. The maximum absolute atomic E-state index is 13.9. The van der Waals surface area contributed by atoms with Gasteiger partial charge in [-0.2, -0.15) is 0 Å². The van der Waals surface area contributed by atoms with E-state index >= 15 is 0 Å². The molecule has 1 aliphatic heterocycles. The highest BCUT2D eigenvalue weighted by atomic mass is 31.2. The van der Waals surface area contributed by atoms with Crippen molar-refractivity contribution < 1.29 is 14.1 Å². The molecule has 4 heteroatoms. The number of hydrogen-bond donors (Lipinski definition) is 0. The van der Waals surface area contributed by atoms with Crippen molar-refractivity contribution in [2.24, 2.45) is 0 Å². The summed E-state index contributed by atoms with van der Waals surface area (Å²) in [6.07, 6.45) is 0.790. The van der Waals surface area contributed by atoms with Gasteiger partial charge in [-0.1, -0.05) is 72.8 Å². The number of esters is 1. The van der Waals surface area contributed by atoms with Gasteiger partial charge in [-0.15, -0.1) is 0 Å². The Bertz CT molecular complexity index is 1230. The van der Waals surface area contributed by atoms with Gasteiger partial charge in [0.15, 0.2) is 0 Å². The molecule has 0 radical (unpaired) electrons. The minimum Gasteiger partial charge on any atom is -0.469 e. The monoisotopic (exact) mass is 400 g/mol. The zero-order chi connectivity index (χ0) is 20.0. The van der Waals surface area contributed by atoms with Gasteiger partial charge >= 0.3 is 5.97 Å². The smallest absolute Gasteiger partial charge is 0.312 e. The SMILES string of the molecule is COC(=O)CP1(=O)Cc2ccc3ccccc3c2-c2c(ccc3ccccc23)C1. The lowest BCUT2D eigenvalue weighted by Gasteiger charge is -2.16. The molecule has 0 saturated carbocycles. The number of benzene rings is 4. The van der Waals surface area contributed by atoms with Crippen molar-refractivity contribution in [1.29, 1.82) is 0 Å². The lowest BCUT2D eigenvalue weighted by atomic mass is 9.88. The first-order valence-corrected chi connectivity index (χ1v) is 12.0. The van der Waals surface area contributed by atoms with Gasteiger partial charge in [-0.25, -0.2) is 0 Å². The molecule has 0 bridgehead atoms. The third-order valence-corrected chi connectivity index (χ3v) is 8.51. The maximum Gasteiger partial charge on any atom is 0.312 e. The number of rotatable bonds is 2. The van der Waals surface area contributed by atoms with E-state index < -0.39 is 13.1 Å². The van der Waals surface area contributed by atoms with Crippen LogP contribution in [0.15, 0.2) is 72.8 Å². The molecule has 4 aromatic rings. The van der Waals surface area contributed by atoms with Crippen molar-refractivity contribution >= 4 is 34.7 Å². The summed E-state index contributed by atoms with van der Waals surface area (Å²) in [6.45, 7) is 0. The number of methoxy groups -OCH3 is 1. The molecule has 1 heterocycles. The number of ether oxygens (including phenoxy) is 1. The number of carbonyl (C=O) groups is 1. The van der Waals surface area contributed by atoms with Gasteiger partial charge in [0.05, 0.1) is 13.3 Å². The van der Waals surface area contributed by atoms with Crippen LogP contribution in [0.2, 0.25) is 0 Å². The standard InChI is InChI=1S/C25H21O3P/c1-28-23(26)16-29(27)14-19-12-10-17-6-2-4-8-21(17)24(19)25-20(15-29)13-11-18-7-3-5-9-22(18)25/h2-13H,14-16H2,1H3. The molecule has 0 fully saturated rings. The first-order chi connectivity index (χ1) is 14.1. The number of hydrogen-bond acceptors (Lipinski definition) is 3. The third kappa shape index (κ3) is 3.07. The van der Waals surface area contributed by atoms with E-state index in [1.807, 2.05) is 24.3 Å². The van der Waals surface area contributed by atoms with Crippen molar-refractivity contribution in [2.45, 2.75) is 12.3 Å². The third-order valence-electron chi connectivity index (χ3n) is 5.84. The Kier molecular flexibility index (Phi) is 4.29. The summed E-state index contributed by atoms with van der Waals surface area (Å²) in [4.78, 5) is 12.1. The minimum atomic E-state index is -2.82. The van der Waals surface area contributed by atoms with E-state index in [-0.39, 0.29) is 6.16 Å². The van der Waals surface area contributed by atoms with E-state index in [0.29, 0.717) is 12.3 Å². The molecule has 0 N–H and O–H groups in total. The van der Waals surface area contributed by atoms with Crippen molar-refractivity contribution in [3.05, 3.63) is 83.9 Å². The predicted molar refractivity (Wildman–Crippen MR) is 119 cm³/mol. The van der Waals surface area contributed by atoms with E-state index in [9.17, 15) is 9.36 Å². The molecule has 0 saturated heterocycles. The number of fused-ring (bicyclic) bond motifs is 7. The molecule has 0 aliphatic carbocycles. The molecular weight excluding hydrogens is 379 g/mol. The first kappa shape index (κ1) is 18.1. The van der Waals surface area contributed by atoms with Crippen LogP contribution in [0.4, 0.5) is 0 Å². The minimum absolute atomic E-state index is 0.0258. The second-order valence-corrected chi connectivity index (χ2v) is 10.8. The molecule has 4 aromatic carbocycles. The quantitative estimate of drug-likeness (QED) is 0.297. The molecule has 0 spiro atoms. The zero-order valence-electron chi connectivity index (χ0n) is 16.2. The Morgan fingerprint density at radius 1 is 0.793 bits per heavy atom. The van der Waals surface area contributed by atoms with Crippen LogP contribution in [-0.4, -0.2) is 19.2 Å². The Morgan fingerprint density at radius 2 is 1.28 bits per heavy atom. The van der Waals surface area contributed by atoms with E-state index in [0.717, 1.165) is 43.8 Å². The Hall–Kier alpha value is -2.90. The first-order valence-electron chi connectivity index (χ1n) is 9.73. The lowest BCUT2D eigenvalue weighted by Crippen LogP contribution is -2.09. The summed E-state index contributed by atoms with van der Waals surface area (Å²) < 4.78 is 18.8. The Labute approximate surface area is 169 Å². The topological polar surface area (TPSA) is 43.4 Å². The summed E-state index contributed by atoms with van der Waals surface area (Å²) in [5.41, 5.74) is 4.40. The molecule has 0 unspecified atom stereocenters. The second kappa shape index (κ2) is 6.86. The second-order valence-electron chi connectivity index (χ2n) is 7.75. The van der Waals surface area contributed by atoms with Crippen LogP contribution in [0.1, 0.15) is 11.1 Å². The summed E-state index contributed by atoms with van der Waals surface area (Å²) in [5, 5.41) is 4.65. The van der Waals surface area contributed by atoms with Gasteiger partial charge in [-0.05, 0) is 43.8 Å². The fourth-order valence-corrected chi connectivity index (χ4v) is 7.28. The van der Waals surface area contributed by atoms with Crippen LogP contribution in [-0.2, 0) is 26.4 Å². The van der Waals surface area contributed by atoms with Crippen LogP contribution < -0.4 is 0 Å². The van der Waals surface area contributed by atoms with Gasteiger partial charge in [-0.3, -0.25) is 4.79 Å². The summed E-state index contributed by atoms with van der Waals surface area (Å²) in [7, 11) is -1.47. The van der Waals surface area contributed by atoms with E-state index in [2.05, 4.69) is 48.5 Å². The maximum atomic E-state index is 13.9. The average Bonchev–Trinajstić information content (AvgIpc) is 2.86. The molecule has 1 aliphatic rings. The van der Waals surface area contributed by atoms with Crippen LogP contribution in [0, 0.1) is 0 Å². The fraction of sp³-hybridized carbons (Fsp3) is 0.160. The zero-order valence-corrected chi connectivity index (χ0v) is 17.1. The highest BCUT2D eigenvalue weighted by Gasteiger charge is 2.33. The van der Waals surface area contributed by atoms with Gasteiger partial charge in [0.1, 0.15) is 7.14 Å².